The van der Waals surface area contributed by atoms with Gasteiger partial charge in [-0.05, 0) is 68.8 Å². The van der Waals surface area contributed by atoms with Gasteiger partial charge in [0.25, 0.3) is 0 Å². The fourth-order valence-electron chi connectivity index (χ4n) is 2.62. The van der Waals surface area contributed by atoms with Gasteiger partial charge in [-0.3, -0.25) is 4.98 Å². The SMILES string of the molecule is Ic1cnc2c3ccccc3c3ccc(I)nc3c2c1. The molecule has 0 spiro atoms. The van der Waals surface area contributed by atoms with Crippen molar-refractivity contribution in [2.45, 2.75) is 0 Å². The summed E-state index contributed by atoms with van der Waals surface area (Å²) < 4.78 is 2.14. The molecule has 2 heterocycles. The van der Waals surface area contributed by atoms with Crippen molar-refractivity contribution in [3.8, 4) is 0 Å². The monoisotopic (exact) mass is 482 g/mol. The summed E-state index contributed by atoms with van der Waals surface area (Å²) in [5.74, 6) is 0. The smallest absolute Gasteiger partial charge is 0.102 e. The number of pyridine rings is 2. The molecule has 0 bridgehead atoms. The van der Waals surface area contributed by atoms with E-state index in [4.69, 9.17) is 4.98 Å². The van der Waals surface area contributed by atoms with Crippen molar-refractivity contribution >= 4 is 77.8 Å². The van der Waals surface area contributed by atoms with Gasteiger partial charge in [0.05, 0.1) is 11.0 Å². The van der Waals surface area contributed by atoms with Crippen LogP contribution >= 0.6 is 45.2 Å². The number of rotatable bonds is 0. The van der Waals surface area contributed by atoms with Crippen molar-refractivity contribution in [1.82, 2.24) is 9.97 Å². The van der Waals surface area contributed by atoms with Gasteiger partial charge in [-0.15, -0.1) is 0 Å². The van der Waals surface area contributed by atoms with E-state index in [0.29, 0.717) is 0 Å². The van der Waals surface area contributed by atoms with Crippen LogP contribution in [0.1, 0.15) is 0 Å². The van der Waals surface area contributed by atoms with E-state index < -0.39 is 0 Å². The predicted molar refractivity (Wildman–Crippen MR) is 100.0 cm³/mol. The third kappa shape index (κ3) is 1.88. The Kier molecular flexibility index (Phi) is 3.03. The second kappa shape index (κ2) is 4.77. The molecule has 0 amide bonds. The normalized spacial score (nSPS) is 11.5. The molecule has 4 heteroatoms. The third-order valence-electron chi connectivity index (χ3n) is 3.44. The molecule has 0 atom stereocenters. The number of benzene rings is 2. The summed E-state index contributed by atoms with van der Waals surface area (Å²) in [7, 11) is 0. The first-order valence-corrected chi connectivity index (χ1v) is 8.32. The average molecular weight is 482 g/mol. The zero-order valence-electron chi connectivity index (χ0n) is 10.3. The highest BCUT2D eigenvalue weighted by Gasteiger charge is 2.10. The van der Waals surface area contributed by atoms with Crippen molar-refractivity contribution in [1.29, 1.82) is 0 Å². The Balaban J connectivity index is 2.41. The van der Waals surface area contributed by atoms with Gasteiger partial charge < -0.3 is 0 Å². The minimum Gasteiger partial charge on any atom is -0.254 e. The molecule has 0 aliphatic carbocycles. The molecular weight excluding hydrogens is 474 g/mol. The first-order chi connectivity index (χ1) is 9.74. The zero-order chi connectivity index (χ0) is 13.7. The standard InChI is InChI=1S/C16H8I2N2/c17-9-7-13-15(19-8-9)11-4-2-1-3-10(11)12-5-6-14(18)20-16(12)13/h1-8H. The lowest BCUT2D eigenvalue weighted by Crippen LogP contribution is -1.90. The molecule has 0 aliphatic heterocycles. The highest BCUT2D eigenvalue weighted by atomic mass is 127. The van der Waals surface area contributed by atoms with E-state index in [0.717, 1.165) is 23.7 Å². The van der Waals surface area contributed by atoms with Gasteiger partial charge in [-0.2, -0.15) is 0 Å². The summed E-state index contributed by atoms with van der Waals surface area (Å²) >= 11 is 4.56. The van der Waals surface area contributed by atoms with Crippen LogP contribution < -0.4 is 0 Å². The molecule has 4 aromatic rings. The van der Waals surface area contributed by atoms with Crippen LogP contribution in [0.25, 0.3) is 32.6 Å². The lowest BCUT2D eigenvalue weighted by molar-refractivity contribution is 1.35. The van der Waals surface area contributed by atoms with Gasteiger partial charge in [0.2, 0.25) is 0 Å². The van der Waals surface area contributed by atoms with Gasteiger partial charge >= 0.3 is 0 Å². The molecule has 0 fully saturated rings. The predicted octanol–water partition coefficient (Wildman–Crippen LogP) is 5.15. The van der Waals surface area contributed by atoms with Crippen LogP contribution in [-0.2, 0) is 0 Å². The molecule has 0 radical (unpaired) electrons. The van der Waals surface area contributed by atoms with Gasteiger partial charge in [-0.25, -0.2) is 4.98 Å². The maximum Gasteiger partial charge on any atom is 0.102 e. The van der Waals surface area contributed by atoms with E-state index in [9.17, 15) is 0 Å². The maximum atomic E-state index is 4.74. The summed E-state index contributed by atoms with van der Waals surface area (Å²) in [6.45, 7) is 0. The van der Waals surface area contributed by atoms with E-state index in [2.05, 4.69) is 92.6 Å². The van der Waals surface area contributed by atoms with Crippen LogP contribution in [0.2, 0.25) is 0 Å². The number of aromatic nitrogens is 2. The van der Waals surface area contributed by atoms with E-state index in [1.54, 1.807) is 0 Å². The Bertz CT molecular complexity index is 900. The minimum absolute atomic E-state index is 1.01. The zero-order valence-corrected chi connectivity index (χ0v) is 14.6. The van der Waals surface area contributed by atoms with Crippen LogP contribution in [0.3, 0.4) is 0 Å². The topological polar surface area (TPSA) is 25.8 Å². The average Bonchev–Trinajstić information content (AvgIpc) is 2.47. The second-order valence-electron chi connectivity index (χ2n) is 4.63. The highest BCUT2D eigenvalue weighted by molar-refractivity contribution is 14.1. The van der Waals surface area contributed by atoms with Crippen molar-refractivity contribution in [3.63, 3.8) is 0 Å². The summed E-state index contributed by atoms with van der Waals surface area (Å²) in [4.78, 5) is 9.38. The Labute approximate surface area is 142 Å². The van der Waals surface area contributed by atoms with Gasteiger partial charge in [0.15, 0.2) is 0 Å². The highest BCUT2D eigenvalue weighted by Crippen LogP contribution is 2.33. The quantitative estimate of drug-likeness (QED) is 0.197. The summed E-state index contributed by atoms with van der Waals surface area (Å²) in [6.07, 6.45) is 1.91. The Morgan fingerprint density at radius 3 is 2.35 bits per heavy atom. The summed E-state index contributed by atoms with van der Waals surface area (Å²) in [6, 6.07) is 14.8. The number of halogens is 2. The van der Waals surface area contributed by atoms with E-state index in [1.165, 1.54) is 16.2 Å². The van der Waals surface area contributed by atoms with Crippen LogP contribution in [0.4, 0.5) is 0 Å². The van der Waals surface area contributed by atoms with E-state index in [-0.39, 0.29) is 0 Å². The molecule has 0 saturated carbocycles. The first-order valence-electron chi connectivity index (χ1n) is 6.16. The molecule has 0 aliphatic rings. The molecular formula is C16H8I2N2. The molecule has 2 aromatic carbocycles. The fraction of sp³-hybridized carbons (Fsp3) is 0. The number of hydrogen-bond donors (Lipinski definition) is 0. The maximum absolute atomic E-state index is 4.74. The molecule has 96 valence electrons. The number of hydrogen-bond acceptors (Lipinski definition) is 2. The van der Waals surface area contributed by atoms with Gasteiger partial charge in [0.1, 0.15) is 3.70 Å². The second-order valence-corrected chi connectivity index (χ2v) is 6.98. The van der Waals surface area contributed by atoms with Crippen molar-refractivity contribution in [2.75, 3.05) is 0 Å². The Morgan fingerprint density at radius 2 is 1.50 bits per heavy atom. The summed E-state index contributed by atoms with van der Waals surface area (Å²) in [5, 5.41) is 4.73. The fourth-order valence-corrected chi connectivity index (χ4v) is 3.49. The summed E-state index contributed by atoms with van der Waals surface area (Å²) in [5.41, 5.74) is 2.07. The van der Waals surface area contributed by atoms with Crippen molar-refractivity contribution in [2.24, 2.45) is 0 Å². The van der Waals surface area contributed by atoms with Crippen LogP contribution in [0.15, 0.2) is 48.7 Å². The number of nitrogens with zero attached hydrogens (tertiary/aromatic N) is 2. The molecule has 20 heavy (non-hydrogen) atoms. The minimum atomic E-state index is 1.01. The molecule has 0 N–H and O–H groups in total. The Hall–Kier alpha value is -1.02. The largest absolute Gasteiger partial charge is 0.254 e. The van der Waals surface area contributed by atoms with Gasteiger partial charge in [-0.1, -0.05) is 24.3 Å². The molecule has 0 unspecified atom stereocenters. The first kappa shape index (κ1) is 12.7. The van der Waals surface area contributed by atoms with Crippen LogP contribution in [0.5, 0.6) is 0 Å². The van der Waals surface area contributed by atoms with Gasteiger partial charge in [0, 0.05) is 25.9 Å². The molecule has 2 nitrogen and oxygen atoms in total. The number of fused-ring (bicyclic) bond motifs is 6. The molecule has 4 rings (SSSR count). The van der Waals surface area contributed by atoms with E-state index in [1.807, 2.05) is 6.20 Å². The van der Waals surface area contributed by atoms with Crippen molar-refractivity contribution < 1.29 is 0 Å². The lowest BCUT2D eigenvalue weighted by atomic mass is 10.0. The Morgan fingerprint density at radius 1 is 0.750 bits per heavy atom. The van der Waals surface area contributed by atoms with Crippen LogP contribution in [-0.4, -0.2) is 9.97 Å². The lowest BCUT2D eigenvalue weighted by Gasteiger charge is -2.09. The molecule has 0 saturated heterocycles. The van der Waals surface area contributed by atoms with E-state index >= 15 is 0 Å². The van der Waals surface area contributed by atoms with Crippen molar-refractivity contribution in [3.05, 3.63) is 55.9 Å². The molecule has 2 aromatic heterocycles. The third-order valence-corrected chi connectivity index (χ3v) is 4.63. The van der Waals surface area contributed by atoms with Crippen LogP contribution in [0, 0.1) is 7.27 Å².